The predicted molar refractivity (Wildman–Crippen MR) is 157 cm³/mol. The molecule has 0 aromatic carbocycles. The van der Waals surface area contributed by atoms with Crippen LogP contribution in [-0.2, 0) is 17.8 Å². The molecule has 8 rings (SSSR count). The van der Waals surface area contributed by atoms with Crippen LogP contribution in [0.2, 0.25) is 0 Å². The van der Waals surface area contributed by atoms with E-state index in [2.05, 4.69) is 26.8 Å². The molecule has 8 nitrogen and oxygen atoms in total. The van der Waals surface area contributed by atoms with Crippen molar-refractivity contribution in [2.75, 3.05) is 33.2 Å². The molecule has 1 aliphatic heterocycles. The topological polar surface area (TPSA) is 98.2 Å². The number of fused-ring (bicyclic) bond motifs is 4. The first-order valence-electron chi connectivity index (χ1n) is 14.8. The number of carboxylic acid groups (broad SMARTS) is 1. The Kier molecular flexibility index (Phi) is 7.27. The van der Waals surface area contributed by atoms with Crippen molar-refractivity contribution in [3.05, 3.63) is 52.8 Å². The standard InChI is InChI=1S/C31H34F2N6O2S/c1-38-8-10-39(11-9-38)16-20-6-7-25(42-20)28-27(33)24(13-21-17-2-4-18(5-3-17)26(21)31(40)41)36-30(37-28)23-15-35-29-22(23)12-19(32)14-34-29/h6-7,12,14-15,17-18,21,26H,2-5,8-11,13,16H2,1H3,(H,34,35)(H,40,41)/t17?,18?,21-,26-/m0/s1. The molecule has 5 heterocycles. The summed E-state index contributed by atoms with van der Waals surface area (Å²) in [5.74, 6) is -1.82. The molecule has 0 radical (unpaired) electrons. The van der Waals surface area contributed by atoms with Gasteiger partial charge in [-0.1, -0.05) is 0 Å². The Morgan fingerprint density at radius 2 is 1.86 bits per heavy atom. The Balaban J connectivity index is 1.28. The number of hydrogen-bond acceptors (Lipinski definition) is 7. The van der Waals surface area contributed by atoms with Crippen molar-refractivity contribution in [2.24, 2.45) is 23.7 Å². The average molecular weight is 593 g/mol. The number of piperazine rings is 1. The molecule has 4 aromatic heterocycles. The first kappa shape index (κ1) is 27.5. The summed E-state index contributed by atoms with van der Waals surface area (Å²) in [6.07, 6.45) is 6.83. The van der Waals surface area contributed by atoms with E-state index in [1.807, 2.05) is 12.1 Å². The van der Waals surface area contributed by atoms with Gasteiger partial charge in [-0.25, -0.2) is 23.7 Å². The highest BCUT2D eigenvalue weighted by atomic mass is 32.1. The minimum Gasteiger partial charge on any atom is -0.481 e. The van der Waals surface area contributed by atoms with Gasteiger partial charge in [0, 0.05) is 54.7 Å². The maximum absolute atomic E-state index is 16.4. The van der Waals surface area contributed by atoms with Gasteiger partial charge < -0.3 is 15.0 Å². The predicted octanol–water partition coefficient (Wildman–Crippen LogP) is 5.45. The van der Waals surface area contributed by atoms with Crippen LogP contribution >= 0.6 is 11.3 Å². The van der Waals surface area contributed by atoms with Crippen LogP contribution in [0.25, 0.3) is 33.0 Å². The minimum absolute atomic E-state index is 0.124. The van der Waals surface area contributed by atoms with Crippen LogP contribution in [0, 0.1) is 35.3 Å². The molecular formula is C31H34F2N6O2S. The summed E-state index contributed by atoms with van der Waals surface area (Å²) in [4.78, 5) is 35.5. The van der Waals surface area contributed by atoms with Crippen LogP contribution in [0.15, 0.2) is 30.6 Å². The summed E-state index contributed by atoms with van der Waals surface area (Å²) in [5.41, 5.74) is 1.46. The summed E-state index contributed by atoms with van der Waals surface area (Å²) < 4.78 is 30.6. The van der Waals surface area contributed by atoms with Crippen LogP contribution < -0.4 is 0 Å². The molecule has 3 saturated carbocycles. The molecule has 11 heteroatoms. The quantitative estimate of drug-likeness (QED) is 0.294. The van der Waals surface area contributed by atoms with E-state index in [0.717, 1.165) is 69.5 Å². The summed E-state index contributed by atoms with van der Waals surface area (Å²) in [5, 5.41) is 10.6. The first-order chi connectivity index (χ1) is 20.3. The first-order valence-corrected chi connectivity index (χ1v) is 15.6. The molecule has 0 amide bonds. The Bertz CT molecular complexity index is 1620. The van der Waals surface area contributed by atoms with Gasteiger partial charge in [0.1, 0.15) is 17.2 Å². The largest absolute Gasteiger partial charge is 0.481 e. The number of carbonyl (C=O) groups is 1. The molecule has 220 valence electrons. The van der Waals surface area contributed by atoms with E-state index in [0.29, 0.717) is 21.5 Å². The van der Waals surface area contributed by atoms with Gasteiger partial charge in [-0.3, -0.25) is 9.69 Å². The molecule has 4 fully saturated rings. The molecular weight excluding hydrogens is 558 g/mol. The highest BCUT2D eigenvalue weighted by Crippen LogP contribution is 2.50. The second-order valence-corrected chi connectivity index (χ2v) is 13.3. The van der Waals surface area contributed by atoms with Crippen molar-refractivity contribution >= 4 is 28.3 Å². The minimum atomic E-state index is -0.797. The molecule has 3 aliphatic carbocycles. The van der Waals surface area contributed by atoms with Crippen LogP contribution in [0.5, 0.6) is 0 Å². The van der Waals surface area contributed by atoms with E-state index in [1.165, 1.54) is 17.4 Å². The lowest BCUT2D eigenvalue weighted by molar-refractivity contribution is -0.152. The number of nitrogens with one attached hydrogen (secondary N) is 1. The van der Waals surface area contributed by atoms with Gasteiger partial charge in [0.15, 0.2) is 11.6 Å². The fourth-order valence-corrected chi connectivity index (χ4v) is 8.40. The Hall–Kier alpha value is -3.28. The number of aromatic amines is 1. The molecule has 2 atom stereocenters. The van der Waals surface area contributed by atoms with Gasteiger partial charge in [0.05, 0.1) is 22.7 Å². The highest BCUT2D eigenvalue weighted by Gasteiger charge is 2.47. The number of hydrogen-bond donors (Lipinski definition) is 2. The zero-order valence-electron chi connectivity index (χ0n) is 23.5. The molecule has 1 saturated heterocycles. The fourth-order valence-electron chi connectivity index (χ4n) is 7.37. The molecule has 42 heavy (non-hydrogen) atoms. The van der Waals surface area contributed by atoms with Gasteiger partial charge in [0.25, 0.3) is 0 Å². The van der Waals surface area contributed by atoms with Crippen LogP contribution in [-0.4, -0.2) is 74.0 Å². The number of aromatic nitrogens is 4. The molecule has 0 unspecified atom stereocenters. The van der Waals surface area contributed by atoms with Crippen molar-refractivity contribution in [1.82, 2.24) is 29.7 Å². The third-order valence-corrected chi connectivity index (χ3v) is 10.7. The van der Waals surface area contributed by atoms with E-state index >= 15 is 4.39 Å². The maximum Gasteiger partial charge on any atom is 0.307 e. The number of likely N-dealkylation sites (N-methyl/N-ethyl adjacent to an activating group) is 1. The number of rotatable bonds is 7. The van der Waals surface area contributed by atoms with Crippen LogP contribution in [0.4, 0.5) is 8.78 Å². The Morgan fingerprint density at radius 1 is 1.10 bits per heavy atom. The van der Waals surface area contributed by atoms with Gasteiger partial charge in [-0.2, -0.15) is 0 Å². The number of aliphatic carboxylic acids is 1. The van der Waals surface area contributed by atoms with Crippen LogP contribution in [0.1, 0.15) is 36.3 Å². The highest BCUT2D eigenvalue weighted by molar-refractivity contribution is 7.15. The summed E-state index contributed by atoms with van der Waals surface area (Å²) in [6, 6.07) is 5.32. The number of nitrogens with zero attached hydrogens (tertiary/aromatic N) is 5. The monoisotopic (exact) mass is 592 g/mol. The van der Waals surface area contributed by atoms with Crippen molar-refractivity contribution in [3.63, 3.8) is 0 Å². The molecule has 2 bridgehead atoms. The van der Waals surface area contributed by atoms with E-state index in [-0.39, 0.29) is 41.4 Å². The number of H-pyrrole nitrogens is 1. The zero-order valence-corrected chi connectivity index (χ0v) is 24.3. The number of thiophene rings is 1. The van der Waals surface area contributed by atoms with E-state index in [1.54, 1.807) is 6.20 Å². The molecule has 4 aliphatic rings. The third kappa shape index (κ3) is 5.11. The van der Waals surface area contributed by atoms with Crippen molar-refractivity contribution in [2.45, 2.75) is 38.6 Å². The van der Waals surface area contributed by atoms with Crippen LogP contribution in [0.3, 0.4) is 0 Å². The summed E-state index contributed by atoms with van der Waals surface area (Å²) in [7, 11) is 2.13. The second-order valence-electron chi connectivity index (χ2n) is 12.2. The van der Waals surface area contributed by atoms with Gasteiger partial charge in [-0.05, 0) is 75.1 Å². The molecule has 4 aromatic rings. The average Bonchev–Trinajstić information content (AvgIpc) is 3.63. The normalized spacial score (nSPS) is 24.9. The Morgan fingerprint density at radius 3 is 2.62 bits per heavy atom. The lowest BCUT2D eigenvalue weighted by atomic mass is 9.57. The van der Waals surface area contributed by atoms with Gasteiger partial charge in [-0.15, -0.1) is 11.3 Å². The molecule has 0 spiro atoms. The lowest BCUT2D eigenvalue weighted by Gasteiger charge is -2.46. The third-order valence-electron chi connectivity index (χ3n) is 9.63. The second kappa shape index (κ2) is 11.1. The number of carboxylic acids is 1. The Labute approximate surface area is 246 Å². The maximum atomic E-state index is 16.4. The van der Waals surface area contributed by atoms with Gasteiger partial charge in [0.2, 0.25) is 0 Å². The zero-order chi connectivity index (χ0) is 29.0. The summed E-state index contributed by atoms with van der Waals surface area (Å²) >= 11 is 1.52. The van der Waals surface area contributed by atoms with Crippen molar-refractivity contribution in [3.8, 4) is 22.0 Å². The van der Waals surface area contributed by atoms with E-state index in [9.17, 15) is 14.3 Å². The smallest absolute Gasteiger partial charge is 0.307 e. The SMILES string of the molecule is CN1CCN(Cc2ccc(-c3nc(-c4c[nH]c5ncc(F)cc45)nc(C[C@H]4C5CCC(CC5)[C@@H]4C(=O)O)c3F)s2)CC1. The van der Waals surface area contributed by atoms with E-state index in [4.69, 9.17) is 9.97 Å². The lowest BCUT2D eigenvalue weighted by Crippen LogP contribution is -2.45. The van der Waals surface area contributed by atoms with E-state index < -0.39 is 23.5 Å². The molecule has 2 N–H and O–H groups in total. The summed E-state index contributed by atoms with van der Waals surface area (Å²) in [6.45, 7) is 4.81. The number of halogens is 2. The number of pyridine rings is 1. The van der Waals surface area contributed by atoms with Crippen molar-refractivity contribution in [1.29, 1.82) is 0 Å². The van der Waals surface area contributed by atoms with Gasteiger partial charge >= 0.3 is 5.97 Å². The fraction of sp³-hybridized carbons (Fsp3) is 0.484. The van der Waals surface area contributed by atoms with Crippen molar-refractivity contribution < 1.29 is 18.7 Å².